The summed E-state index contributed by atoms with van der Waals surface area (Å²) in [5.41, 5.74) is 0. The Bertz CT molecular complexity index is 457. The summed E-state index contributed by atoms with van der Waals surface area (Å²) >= 11 is 0. The second-order valence-electron chi connectivity index (χ2n) is 10.8. The first-order valence-corrected chi connectivity index (χ1v) is 14.7. The number of Topliss-reactive ketones (excluding diaryl/α,β-unsaturated/α-hetero) is 1. The van der Waals surface area contributed by atoms with Gasteiger partial charge in [-0.1, -0.05) is 118 Å². The molecule has 0 aromatic carbocycles. The first-order valence-electron chi connectivity index (χ1n) is 14.7. The molecule has 0 saturated carbocycles. The molecular weight excluding hydrogens is 408 g/mol. The molecule has 0 aliphatic carbocycles. The minimum Gasteiger partial charge on any atom is -0.481 e. The van der Waals surface area contributed by atoms with E-state index in [0.717, 1.165) is 44.9 Å². The zero-order valence-corrected chi connectivity index (χ0v) is 22.8. The smallest absolute Gasteiger partial charge is 0.303 e. The molecule has 0 spiro atoms. The second kappa shape index (κ2) is 22.9. The van der Waals surface area contributed by atoms with Gasteiger partial charge in [-0.3, -0.25) is 9.59 Å². The van der Waals surface area contributed by atoms with Gasteiger partial charge in [0.25, 0.3) is 0 Å². The summed E-state index contributed by atoms with van der Waals surface area (Å²) in [6.07, 6.45) is 23.7. The zero-order valence-electron chi connectivity index (χ0n) is 22.8. The Balaban J connectivity index is 4.47. The Morgan fingerprint density at radius 2 is 1.06 bits per heavy atom. The summed E-state index contributed by atoms with van der Waals surface area (Å²) in [6, 6.07) is 0. The summed E-state index contributed by atoms with van der Waals surface area (Å²) in [5.74, 6) is 1.47. The van der Waals surface area contributed by atoms with Gasteiger partial charge < -0.3 is 5.11 Å². The molecule has 0 radical (unpaired) electrons. The van der Waals surface area contributed by atoms with Crippen molar-refractivity contribution in [3.63, 3.8) is 0 Å². The molecule has 0 heterocycles. The van der Waals surface area contributed by atoms with Crippen LogP contribution in [0.1, 0.15) is 163 Å². The minimum absolute atomic E-state index is 0.271. The Labute approximate surface area is 206 Å². The molecule has 0 aromatic heterocycles. The van der Waals surface area contributed by atoms with Crippen molar-refractivity contribution < 1.29 is 14.7 Å². The van der Waals surface area contributed by atoms with Gasteiger partial charge in [-0.05, 0) is 43.4 Å². The van der Waals surface area contributed by atoms with Crippen molar-refractivity contribution in [2.24, 2.45) is 17.8 Å². The van der Waals surface area contributed by atoms with Gasteiger partial charge in [0.2, 0.25) is 0 Å². The van der Waals surface area contributed by atoms with Crippen molar-refractivity contribution in [1.29, 1.82) is 0 Å². The molecule has 0 amide bonds. The summed E-state index contributed by atoms with van der Waals surface area (Å²) in [4.78, 5) is 23.7. The van der Waals surface area contributed by atoms with Gasteiger partial charge in [0.05, 0.1) is 0 Å². The Kier molecular flexibility index (Phi) is 22.3. The Morgan fingerprint density at radius 1 is 0.606 bits per heavy atom. The fourth-order valence-electron chi connectivity index (χ4n) is 5.27. The molecule has 3 heteroatoms. The fourth-order valence-corrected chi connectivity index (χ4v) is 5.27. The molecule has 0 aromatic rings. The number of carbonyl (C=O) groups is 2. The molecular formula is C30H58O3. The van der Waals surface area contributed by atoms with Gasteiger partial charge >= 0.3 is 5.97 Å². The van der Waals surface area contributed by atoms with E-state index in [4.69, 9.17) is 5.11 Å². The van der Waals surface area contributed by atoms with E-state index >= 15 is 0 Å². The van der Waals surface area contributed by atoms with Crippen LogP contribution in [0.25, 0.3) is 0 Å². The fraction of sp³-hybridized carbons (Fsp3) is 0.933. The number of carbonyl (C=O) groups excluding carboxylic acids is 1. The van der Waals surface area contributed by atoms with Gasteiger partial charge in [0.1, 0.15) is 5.78 Å². The van der Waals surface area contributed by atoms with E-state index in [9.17, 15) is 9.59 Å². The van der Waals surface area contributed by atoms with Crippen molar-refractivity contribution in [3.8, 4) is 0 Å². The maximum atomic E-state index is 12.9. The highest BCUT2D eigenvalue weighted by atomic mass is 16.4. The molecule has 0 saturated heterocycles. The molecule has 2 unspecified atom stereocenters. The van der Waals surface area contributed by atoms with Crippen molar-refractivity contribution in [2.75, 3.05) is 0 Å². The molecule has 33 heavy (non-hydrogen) atoms. The van der Waals surface area contributed by atoms with Crippen LogP contribution in [0.15, 0.2) is 0 Å². The molecule has 2 atom stereocenters. The molecule has 0 aliphatic heterocycles. The lowest BCUT2D eigenvalue weighted by molar-refractivity contribution is -0.137. The van der Waals surface area contributed by atoms with Crippen molar-refractivity contribution in [3.05, 3.63) is 0 Å². The third-order valence-corrected chi connectivity index (χ3v) is 7.37. The number of aliphatic carboxylic acids is 1. The number of ketones is 1. The van der Waals surface area contributed by atoms with E-state index in [1.807, 2.05) is 0 Å². The highest BCUT2D eigenvalue weighted by Gasteiger charge is 2.26. The Hall–Kier alpha value is -0.860. The van der Waals surface area contributed by atoms with E-state index in [1.165, 1.54) is 83.5 Å². The number of hydrogen-bond donors (Lipinski definition) is 1. The van der Waals surface area contributed by atoms with Gasteiger partial charge in [-0.2, -0.15) is 0 Å². The first kappa shape index (κ1) is 32.1. The standard InChI is InChI=1S/C30H58O3/c1-5-7-9-11-12-13-14-15-18-22-28(31)25-27(21-17-16-20-24-30(32)33)29(26(3)4)23-19-10-8-6-2/h26-27,29H,5-25H2,1-4H3,(H,32,33). The van der Waals surface area contributed by atoms with Gasteiger partial charge in [-0.25, -0.2) is 0 Å². The molecule has 1 N–H and O–H groups in total. The van der Waals surface area contributed by atoms with E-state index in [1.54, 1.807) is 0 Å². The average molecular weight is 467 g/mol. The quantitative estimate of drug-likeness (QED) is 0.136. The van der Waals surface area contributed by atoms with Crippen LogP contribution in [0.2, 0.25) is 0 Å². The van der Waals surface area contributed by atoms with E-state index < -0.39 is 5.97 Å². The van der Waals surface area contributed by atoms with Crippen LogP contribution in [0.3, 0.4) is 0 Å². The van der Waals surface area contributed by atoms with Crippen LogP contribution in [-0.2, 0) is 9.59 Å². The topological polar surface area (TPSA) is 54.4 Å². The number of hydrogen-bond acceptors (Lipinski definition) is 2. The highest BCUT2D eigenvalue weighted by molar-refractivity contribution is 5.78. The van der Waals surface area contributed by atoms with E-state index in [2.05, 4.69) is 27.7 Å². The predicted octanol–water partition coefficient (Wildman–Crippen LogP) is 9.76. The number of carboxylic acids is 1. The lowest BCUT2D eigenvalue weighted by Crippen LogP contribution is -2.23. The van der Waals surface area contributed by atoms with Crippen LogP contribution in [0.5, 0.6) is 0 Å². The van der Waals surface area contributed by atoms with Gasteiger partial charge in [0, 0.05) is 19.3 Å². The lowest BCUT2D eigenvalue weighted by Gasteiger charge is -2.30. The summed E-state index contributed by atoms with van der Waals surface area (Å²) < 4.78 is 0. The lowest BCUT2D eigenvalue weighted by atomic mass is 9.75. The molecule has 0 bridgehead atoms. The third kappa shape index (κ3) is 20.2. The minimum atomic E-state index is -0.696. The zero-order chi connectivity index (χ0) is 24.7. The molecule has 196 valence electrons. The van der Waals surface area contributed by atoms with Gasteiger partial charge in [0.15, 0.2) is 0 Å². The largest absolute Gasteiger partial charge is 0.481 e. The normalized spacial score (nSPS) is 13.4. The third-order valence-electron chi connectivity index (χ3n) is 7.37. The molecule has 0 aliphatic rings. The summed E-state index contributed by atoms with van der Waals surface area (Å²) in [6.45, 7) is 9.17. The monoisotopic (exact) mass is 466 g/mol. The van der Waals surface area contributed by atoms with E-state index in [0.29, 0.717) is 23.5 Å². The van der Waals surface area contributed by atoms with Crippen molar-refractivity contribution in [2.45, 2.75) is 163 Å². The SMILES string of the molecule is CCCCCCCCCCCC(=O)CC(CCCCCC(=O)O)C(CCCCCC)C(C)C. The van der Waals surface area contributed by atoms with Crippen LogP contribution < -0.4 is 0 Å². The first-order chi connectivity index (χ1) is 15.9. The summed E-state index contributed by atoms with van der Waals surface area (Å²) in [5, 5.41) is 8.88. The summed E-state index contributed by atoms with van der Waals surface area (Å²) in [7, 11) is 0. The molecule has 0 fully saturated rings. The maximum absolute atomic E-state index is 12.9. The predicted molar refractivity (Wildman–Crippen MR) is 143 cm³/mol. The highest BCUT2D eigenvalue weighted by Crippen LogP contribution is 2.34. The van der Waals surface area contributed by atoms with Crippen LogP contribution in [0.4, 0.5) is 0 Å². The van der Waals surface area contributed by atoms with E-state index in [-0.39, 0.29) is 6.42 Å². The second-order valence-corrected chi connectivity index (χ2v) is 10.8. The number of unbranched alkanes of at least 4 members (excludes halogenated alkanes) is 13. The van der Waals surface area contributed by atoms with Crippen LogP contribution in [0, 0.1) is 17.8 Å². The van der Waals surface area contributed by atoms with Crippen molar-refractivity contribution >= 4 is 11.8 Å². The Morgan fingerprint density at radius 3 is 1.61 bits per heavy atom. The average Bonchev–Trinajstić information content (AvgIpc) is 2.76. The molecule has 3 nitrogen and oxygen atoms in total. The maximum Gasteiger partial charge on any atom is 0.303 e. The van der Waals surface area contributed by atoms with Gasteiger partial charge in [-0.15, -0.1) is 0 Å². The van der Waals surface area contributed by atoms with Crippen molar-refractivity contribution in [1.82, 2.24) is 0 Å². The molecule has 0 rings (SSSR count). The number of rotatable bonds is 25. The van der Waals surface area contributed by atoms with Crippen LogP contribution in [-0.4, -0.2) is 16.9 Å². The van der Waals surface area contributed by atoms with Crippen LogP contribution >= 0.6 is 0 Å². The number of carboxylic acid groups (broad SMARTS) is 1.